The SMILES string of the molecule is Fc1ccc(C=NNc2ncnc3nc[nH]c23)cc1F. The summed E-state index contributed by atoms with van der Waals surface area (Å²) in [6.07, 6.45) is 4.19. The third kappa shape index (κ3) is 2.30. The highest BCUT2D eigenvalue weighted by Gasteiger charge is 2.04. The molecule has 0 aliphatic carbocycles. The van der Waals surface area contributed by atoms with E-state index in [2.05, 4.69) is 30.5 Å². The molecule has 1 aromatic carbocycles. The van der Waals surface area contributed by atoms with Gasteiger partial charge in [0.05, 0.1) is 12.5 Å². The van der Waals surface area contributed by atoms with Crippen LogP contribution in [0.4, 0.5) is 14.6 Å². The van der Waals surface area contributed by atoms with Gasteiger partial charge in [0.25, 0.3) is 0 Å². The molecule has 0 bridgehead atoms. The molecular formula is C12H8F2N6. The van der Waals surface area contributed by atoms with Crippen molar-refractivity contribution in [2.24, 2.45) is 5.10 Å². The van der Waals surface area contributed by atoms with E-state index < -0.39 is 11.6 Å². The van der Waals surface area contributed by atoms with Gasteiger partial charge < -0.3 is 4.98 Å². The van der Waals surface area contributed by atoms with Gasteiger partial charge in [0, 0.05) is 0 Å². The first-order valence-electron chi connectivity index (χ1n) is 5.62. The molecule has 2 N–H and O–H groups in total. The van der Waals surface area contributed by atoms with Gasteiger partial charge in [0.1, 0.15) is 11.8 Å². The highest BCUT2D eigenvalue weighted by Crippen LogP contribution is 2.14. The summed E-state index contributed by atoms with van der Waals surface area (Å²) in [6, 6.07) is 3.50. The van der Waals surface area contributed by atoms with E-state index in [0.29, 0.717) is 22.5 Å². The fourth-order valence-electron chi connectivity index (χ4n) is 1.61. The topological polar surface area (TPSA) is 78.8 Å². The number of aromatic amines is 1. The normalized spacial score (nSPS) is 11.3. The second-order valence-electron chi connectivity index (χ2n) is 3.87. The van der Waals surface area contributed by atoms with Crippen molar-refractivity contribution in [3.63, 3.8) is 0 Å². The summed E-state index contributed by atoms with van der Waals surface area (Å²) in [4.78, 5) is 14.8. The maximum Gasteiger partial charge on any atom is 0.182 e. The van der Waals surface area contributed by atoms with Crippen LogP contribution in [0, 0.1) is 11.6 Å². The molecule has 2 aromatic heterocycles. The van der Waals surface area contributed by atoms with Crippen LogP contribution in [0.1, 0.15) is 5.56 Å². The molecule has 0 saturated heterocycles. The van der Waals surface area contributed by atoms with Crippen LogP contribution in [0.15, 0.2) is 36.0 Å². The number of nitrogens with one attached hydrogen (secondary N) is 2. The van der Waals surface area contributed by atoms with E-state index in [1.165, 1.54) is 24.9 Å². The number of rotatable bonds is 3. The van der Waals surface area contributed by atoms with E-state index >= 15 is 0 Å². The maximum absolute atomic E-state index is 13.0. The fourth-order valence-corrected chi connectivity index (χ4v) is 1.61. The number of fused-ring (bicyclic) bond motifs is 1. The first-order valence-corrected chi connectivity index (χ1v) is 5.62. The molecule has 0 aliphatic heterocycles. The van der Waals surface area contributed by atoms with E-state index in [9.17, 15) is 8.78 Å². The Balaban J connectivity index is 1.80. The van der Waals surface area contributed by atoms with Crippen molar-refractivity contribution in [3.05, 3.63) is 48.1 Å². The minimum Gasteiger partial charge on any atom is -0.340 e. The van der Waals surface area contributed by atoms with Gasteiger partial charge >= 0.3 is 0 Å². The van der Waals surface area contributed by atoms with Crippen LogP contribution in [0.2, 0.25) is 0 Å². The van der Waals surface area contributed by atoms with Gasteiger partial charge in [0.2, 0.25) is 0 Å². The van der Waals surface area contributed by atoms with Gasteiger partial charge in [-0.2, -0.15) is 5.10 Å². The summed E-state index contributed by atoms with van der Waals surface area (Å²) in [5.74, 6) is -1.39. The largest absolute Gasteiger partial charge is 0.340 e. The minimum atomic E-state index is -0.924. The molecular weight excluding hydrogens is 266 g/mol. The molecule has 0 radical (unpaired) electrons. The number of hydrogen-bond acceptors (Lipinski definition) is 5. The van der Waals surface area contributed by atoms with Gasteiger partial charge in [-0.1, -0.05) is 6.07 Å². The lowest BCUT2D eigenvalue weighted by Crippen LogP contribution is -1.96. The number of hydrogen-bond donors (Lipinski definition) is 2. The van der Waals surface area contributed by atoms with E-state index in [1.54, 1.807) is 0 Å². The standard InChI is InChI=1S/C12H8F2N6/c13-8-2-1-7(3-9(8)14)4-19-20-12-10-11(16-5-15-10)17-6-18-12/h1-6H,(H2,15,16,17,18,20). The first kappa shape index (κ1) is 12.2. The third-order valence-electron chi connectivity index (χ3n) is 2.55. The Hall–Kier alpha value is -2.90. The molecule has 3 aromatic rings. The molecule has 0 unspecified atom stereocenters. The highest BCUT2D eigenvalue weighted by molar-refractivity contribution is 5.84. The number of hydrazone groups is 1. The number of benzene rings is 1. The second kappa shape index (κ2) is 5.00. The Morgan fingerprint density at radius 1 is 1.15 bits per heavy atom. The smallest absolute Gasteiger partial charge is 0.182 e. The zero-order valence-electron chi connectivity index (χ0n) is 10.0. The van der Waals surface area contributed by atoms with Gasteiger partial charge in [-0.15, -0.1) is 0 Å². The lowest BCUT2D eigenvalue weighted by atomic mass is 10.2. The van der Waals surface area contributed by atoms with E-state index in [0.717, 1.165) is 12.1 Å². The lowest BCUT2D eigenvalue weighted by molar-refractivity contribution is 0.508. The number of H-pyrrole nitrogens is 1. The van der Waals surface area contributed by atoms with Crippen molar-refractivity contribution in [2.45, 2.75) is 0 Å². The summed E-state index contributed by atoms with van der Waals surface area (Å²) in [5, 5.41) is 3.91. The maximum atomic E-state index is 13.0. The summed E-state index contributed by atoms with van der Waals surface area (Å²) in [5.41, 5.74) is 4.22. The van der Waals surface area contributed by atoms with Crippen LogP contribution in [-0.2, 0) is 0 Å². The van der Waals surface area contributed by atoms with Gasteiger partial charge in [0.15, 0.2) is 23.1 Å². The number of anilines is 1. The van der Waals surface area contributed by atoms with Crippen LogP contribution >= 0.6 is 0 Å². The first-order chi connectivity index (χ1) is 9.74. The fraction of sp³-hybridized carbons (Fsp3) is 0. The van der Waals surface area contributed by atoms with Crippen LogP contribution in [0.5, 0.6) is 0 Å². The summed E-state index contributed by atoms with van der Waals surface area (Å²) < 4.78 is 25.8. The van der Waals surface area contributed by atoms with Crippen molar-refractivity contribution in [1.29, 1.82) is 0 Å². The Bertz CT molecular complexity index is 782. The number of nitrogens with zero attached hydrogens (tertiary/aromatic N) is 4. The number of imidazole rings is 1. The average Bonchev–Trinajstić information content (AvgIpc) is 2.92. The molecule has 6 nitrogen and oxygen atoms in total. The quantitative estimate of drug-likeness (QED) is 0.566. The van der Waals surface area contributed by atoms with E-state index in [4.69, 9.17) is 0 Å². The van der Waals surface area contributed by atoms with Crippen molar-refractivity contribution in [1.82, 2.24) is 19.9 Å². The van der Waals surface area contributed by atoms with Crippen LogP contribution in [-0.4, -0.2) is 26.2 Å². The van der Waals surface area contributed by atoms with Crippen molar-refractivity contribution >= 4 is 23.2 Å². The number of halogens is 2. The molecule has 100 valence electrons. The highest BCUT2D eigenvalue weighted by atomic mass is 19.2. The van der Waals surface area contributed by atoms with Gasteiger partial charge in [-0.3, -0.25) is 5.43 Å². The summed E-state index contributed by atoms with van der Waals surface area (Å²) in [7, 11) is 0. The Kier molecular flexibility index (Phi) is 3.04. The lowest BCUT2D eigenvalue weighted by Gasteiger charge is -1.99. The van der Waals surface area contributed by atoms with Gasteiger partial charge in [-0.05, 0) is 17.7 Å². The summed E-state index contributed by atoms with van der Waals surface area (Å²) in [6.45, 7) is 0. The molecule has 8 heteroatoms. The van der Waals surface area contributed by atoms with Crippen LogP contribution < -0.4 is 5.43 Å². The Morgan fingerprint density at radius 2 is 2.05 bits per heavy atom. The Labute approximate surface area is 111 Å². The zero-order chi connectivity index (χ0) is 13.9. The minimum absolute atomic E-state index is 0.423. The predicted octanol–water partition coefficient (Wildman–Crippen LogP) is 2.08. The molecule has 20 heavy (non-hydrogen) atoms. The van der Waals surface area contributed by atoms with E-state index in [1.807, 2.05) is 0 Å². The Morgan fingerprint density at radius 3 is 2.90 bits per heavy atom. The molecule has 3 rings (SSSR count). The molecule has 0 amide bonds. The monoisotopic (exact) mass is 274 g/mol. The number of aromatic nitrogens is 4. The van der Waals surface area contributed by atoms with Crippen LogP contribution in [0.3, 0.4) is 0 Å². The second-order valence-corrected chi connectivity index (χ2v) is 3.87. The molecule has 0 spiro atoms. The van der Waals surface area contributed by atoms with Crippen molar-refractivity contribution < 1.29 is 8.78 Å². The molecule has 0 fully saturated rings. The molecule has 0 aliphatic rings. The zero-order valence-corrected chi connectivity index (χ0v) is 10.0. The van der Waals surface area contributed by atoms with Crippen molar-refractivity contribution in [3.8, 4) is 0 Å². The van der Waals surface area contributed by atoms with E-state index in [-0.39, 0.29) is 0 Å². The van der Waals surface area contributed by atoms with Crippen LogP contribution in [0.25, 0.3) is 11.2 Å². The average molecular weight is 274 g/mol. The molecule has 0 saturated carbocycles. The summed E-state index contributed by atoms with van der Waals surface area (Å²) >= 11 is 0. The molecule has 0 atom stereocenters. The van der Waals surface area contributed by atoms with Gasteiger partial charge in [-0.25, -0.2) is 23.7 Å². The molecule has 2 heterocycles. The third-order valence-corrected chi connectivity index (χ3v) is 2.55. The van der Waals surface area contributed by atoms with Crippen molar-refractivity contribution in [2.75, 3.05) is 5.43 Å². The predicted molar refractivity (Wildman–Crippen MR) is 69.3 cm³/mol.